The van der Waals surface area contributed by atoms with Crippen LogP contribution in [-0.4, -0.2) is 18.3 Å². The monoisotopic (exact) mass is 1920 g/mol. The van der Waals surface area contributed by atoms with Gasteiger partial charge in [0.15, 0.2) is 0 Å². The van der Waals surface area contributed by atoms with Crippen molar-refractivity contribution < 1.29 is 0 Å². The van der Waals surface area contributed by atoms with Crippen LogP contribution >= 0.6 is 63.7 Å². The molecule has 0 unspecified atom stereocenters. The molecule has 0 atom stereocenters. The van der Waals surface area contributed by atoms with Crippen molar-refractivity contribution >= 4 is 172 Å². The first-order chi connectivity index (χ1) is 64.2. The zero-order chi connectivity index (χ0) is 87.1. The highest BCUT2D eigenvalue weighted by atomic mass is 79.9. The Hall–Kier alpha value is -14.7. The quantitative estimate of drug-likeness (QED) is 0.123. The number of rotatable bonds is 11. The van der Waals surface area contributed by atoms with Crippen molar-refractivity contribution in [2.45, 2.75) is 0 Å². The highest BCUT2D eigenvalue weighted by molar-refractivity contribution is 9.11. The van der Waals surface area contributed by atoms with Gasteiger partial charge in [0.2, 0.25) is 0 Å². The summed E-state index contributed by atoms with van der Waals surface area (Å²) in [7, 11) is 0. The molecule has 0 aliphatic heterocycles. The van der Waals surface area contributed by atoms with Gasteiger partial charge in [-0.15, -0.1) is 0 Å². The van der Waals surface area contributed by atoms with Crippen molar-refractivity contribution in [1.82, 2.24) is 18.3 Å². The van der Waals surface area contributed by atoms with E-state index < -0.39 is 0 Å². The Morgan fingerprint density at radius 3 is 0.992 bits per heavy atom. The third kappa shape index (κ3) is 15.2. The molecule has 4 aromatic heterocycles. The molecule has 0 bridgehead atoms. The van der Waals surface area contributed by atoms with E-state index in [1.165, 1.54) is 209 Å². The van der Waals surface area contributed by atoms with Crippen LogP contribution in [0.1, 0.15) is 0 Å². The van der Waals surface area contributed by atoms with Crippen molar-refractivity contribution in [3.63, 3.8) is 0 Å². The largest absolute Gasteiger partial charge is 0.309 e. The average molecular weight is 1920 g/mol. The van der Waals surface area contributed by atoms with Crippen LogP contribution < -0.4 is 0 Å². The third-order valence-electron chi connectivity index (χ3n) is 25.0. The summed E-state index contributed by atoms with van der Waals surface area (Å²) in [4.78, 5) is 0. The van der Waals surface area contributed by atoms with E-state index in [1.54, 1.807) is 0 Å². The minimum Gasteiger partial charge on any atom is -0.309 e. The standard InChI is InChI=1S/C32H20BrN.3C30H20BrN/c33-23-17-14-22(15-18-23)29-20-30-31(27-13-7-6-12-26(27)29)28-19-16-21-8-4-5-11-25(21)32(28)34(30)24-9-2-1-3-10-24;31-28-15-6-4-13-25(28)23-10-8-9-21(19-23)22-17-18-30-27(20-22)26-14-5-7-16-29(26)32(30)24-11-2-1-3-12-24;31-28-16-8-6-14-25(28)24-13-5-4-12-23(24)21-18-19-30-27(20-21)26-15-7-9-17-29(26)32(30)22-10-2-1-3-11-22;31-23-10-8-9-21(19-23)25-13-4-5-14-26(25)22-17-18-30-28(20-22)27-15-6-7-16-29(27)32(30)24-11-2-1-3-12-24/h1-20H;3*1-20H. The van der Waals surface area contributed by atoms with Gasteiger partial charge >= 0.3 is 0 Å². The van der Waals surface area contributed by atoms with E-state index in [0.717, 1.165) is 17.9 Å². The number of aromatic nitrogens is 4. The van der Waals surface area contributed by atoms with Crippen LogP contribution in [0, 0.1) is 0 Å². The molecular formula is C122H80Br4N4. The van der Waals surface area contributed by atoms with Crippen LogP contribution in [0.2, 0.25) is 0 Å². The van der Waals surface area contributed by atoms with Gasteiger partial charge in [-0.1, -0.05) is 397 Å². The molecule has 0 radical (unpaired) electrons. The molecule has 0 saturated carbocycles. The Morgan fingerprint density at radius 1 is 0.146 bits per heavy atom. The predicted octanol–water partition coefficient (Wildman–Crippen LogP) is 36.2. The molecule has 8 heteroatoms. The molecule has 0 amide bonds. The van der Waals surface area contributed by atoms with Crippen LogP contribution in [0.15, 0.2) is 503 Å². The molecule has 4 heterocycles. The fourth-order valence-corrected chi connectivity index (χ4v) is 20.9. The van der Waals surface area contributed by atoms with Crippen LogP contribution in [0.4, 0.5) is 0 Å². The van der Waals surface area contributed by atoms with Crippen molar-refractivity contribution in [1.29, 1.82) is 0 Å². The van der Waals surface area contributed by atoms with Gasteiger partial charge in [-0.3, -0.25) is 0 Å². The van der Waals surface area contributed by atoms with Crippen molar-refractivity contribution in [3.8, 4) is 101 Å². The van der Waals surface area contributed by atoms with Gasteiger partial charge in [-0.25, -0.2) is 0 Å². The summed E-state index contributed by atoms with van der Waals surface area (Å²) in [5.41, 5.74) is 31.7. The molecule has 25 aromatic rings. The first kappa shape index (κ1) is 81.0. The second-order valence-electron chi connectivity index (χ2n) is 32.6. The van der Waals surface area contributed by atoms with E-state index in [0.29, 0.717) is 0 Å². The Balaban J connectivity index is 0.000000102. The second-order valence-corrected chi connectivity index (χ2v) is 36.2. The highest BCUT2D eigenvalue weighted by Crippen LogP contribution is 2.47. The molecule has 0 aliphatic rings. The minimum absolute atomic E-state index is 1.09. The lowest BCUT2D eigenvalue weighted by Gasteiger charge is -2.12. The second kappa shape index (κ2) is 35.5. The summed E-state index contributed by atoms with van der Waals surface area (Å²) < 4.78 is 13.9. The Kier molecular flexibility index (Phi) is 22.1. The number of hydrogen-bond donors (Lipinski definition) is 0. The lowest BCUT2D eigenvalue weighted by molar-refractivity contribution is 1.18. The van der Waals surface area contributed by atoms with Gasteiger partial charge in [0, 0.05) is 89.1 Å². The Labute approximate surface area is 787 Å². The van der Waals surface area contributed by atoms with Gasteiger partial charge in [0.1, 0.15) is 0 Å². The van der Waals surface area contributed by atoms with E-state index in [9.17, 15) is 0 Å². The van der Waals surface area contributed by atoms with Crippen LogP contribution in [-0.2, 0) is 0 Å². The van der Waals surface area contributed by atoms with Crippen LogP contribution in [0.5, 0.6) is 0 Å². The van der Waals surface area contributed by atoms with Gasteiger partial charge in [0.05, 0.1) is 44.1 Å². The first-order valence-corrected chi connectivity index (χ1v) is 46.9. The molecule has 130 heavy (non-hydrogen) atoms. The molecule has 616 valence electrons. The van der Waals surface area contributed by atoms with Crippen LogP contribution in [0.3, 0.4) is 0 Å². The summed E-state index contributed by atoms with van der Waals surface area (Å²) in [6.07, 6.45) is 0. The summed E-state index contributed by atoms with van der Waals surface area (Å²) in [6, 6.07) is 173. The topological polar surface area (TPSA) is 19.7 Å². The molecular weight excluding hydrogens is 1840 g/mol. The fraction of sp³-hybridized carbons (Fsp3) is 0. The molecule has 25 rings (SSSR count). The number of para-hydroxylation sites is 7. The van der Waals surface area contributed by atoms with Gasteiger partial charge in [0.25, 0.3) is 0 Å². The predicted molar refractivity (Wildman–Crippen MR) is 567 cm³/mol. The number of hydrogen-bond acceptors (Lipinski definition) is 0. The van der Waals surface area contributed by atoms with Crippen molar-refractivity contribution in [2.75, 3.05) is 0 Å². The summed E-state index contributed by atoms with van der Waals surface area (Å²) in [5, 5.41) is 15.3. The molecule has 4 nitrogen and oxygen atoms in total. The first-order valence-electron chi connectivity index (χ1n) is 43.7. The summed E-state index contributed by atoms with van der Waals surface area (Å²) >= 11 is 14.6. The van der Waals surface area contributed by atoms with Gasteiger partial charge in [-0.2, -0.15) is 0 Å². The maximum atomic E-state index is 3.74. The molecule has 21 aromatic carbocycles. The number of benzene rings is 21. The molecule has 0 saturated heterocycles. The summed E-state index contributed by atoms with van der Waals surface area (Å²) in [5.74, 6) is 0. The highest BCUT2D eigenvalue weighted by Gasteiger charge is 2.23. The van der Waals surface area contributed by atoms with Gasteiger partial charge < -0.3 is 18.3 Å². The molecule has 0 aliphatic carbocycles. The van der Waals surface area contributed by atoms with E-state index in [4.69, 9.17) is 0 Å². The maximum Gasteiger partial charge on any atom is 0.0619 e. The minimum atomic E-state index is 1.09. The Bertz CT molecular complexity index is 8580. The van der Waals surface area contributed by atoms with Crippen molar-refractivity contribution in [2.24, 2.45) is 0 Å². The van der Waals surface area contributed by atoms with E-state index >= 15 is 0 Å². The molecule has 0 N–H and O–H groups in total. The smallest absolute Gasteiger partial charge is 0.0619 e. The zero-order valence-corrected chi connectivity index (χ0v) is 76.8. The number of halogens is 4. The summed E-state index contributed by atoms with van der Waals surface area (Å²) in [6.45, 7) is 0. The number of fused-ring (bicyclic) bond motifs is 16. The van der Waals surface area contributed by atoms with Crippen molar-refractivity contribution in [3.05, 3.63) is 503 Å². The van der Waals surface area contributed by atoms with Gasteiger partial charge in [-0.05, 0) is 246 Å². The van der Waals surface area contributed by atoms with E-state index in [1.807, 2.05) is 6.07 Å². The molecule has 0 spiro atoms. The normalized spacial score (nSPS) is 11.4. The fourth-order valence-electron chi connectivity index (χ4n) is 19.2. The SMILES string of the molecule is Brc1ccc(-c2cc3c(c4ccccc24)c2ccc4ccccc4c2n3-c2ccccc2)cc1.Brc1cccc(-c2ccccc2-c2ccc3c(c2)c2ccccc2n3-c2ccccc2)c1.Brc1ccccc1-c1cccc(-c2ccc3c(c2)c2ccccc2n3-c2ccccc2)c1.Brc1ccccc1-c1ccccc1-c1ccc2c(c1)c1ccccc1n2-c1ccccc1. The van der Waals surface area contributed by atoms with Crippen LogP contribution in [0.25, 0.3) is 209 Å². The third-order valence-corrected chi connectivity index (χ3v) is 27.5. The van der Waals surface area contributed by atoms with E-state index in [-0.39, 0.29) is 0 Å². The maximum absolute atomic E-state index is 3.74. The average Bonchev–Trinajstić information content (AvgIpc) is 1.55. The molecule has 0 fully saturated rings. The zero-order valence-electron chi connectivity index (χ0n) is 70.5. The lowest BCUT2D eigenvalue weighted by atomic mass is 9.94. The number of nitrogens with zero attached hydrogens (tertiary/aromatic N) is 4. The Morgan fingerprint density at radius 2 is 0.492 bits per heavy atom. The van der Waals surface area contributed by atoms with E-state index in [2.05, 4.69) is 561 Å². The lowest BCUT2D eigenvalue weighted by Crippen LogP contribution is -1.94.